The van der Waals surface area contributed by atoms with Crippen molar-refractivity contribution in [3.8, 4) is 0 Å². The predicted molar refractivity (Wildman–Crippen MR) is 121 cm³/mol. The van der Waals surface area contributed by atoms with Gasteiger partial charge in [0.15, 0.2) is 11.5 Å². The fourth-order valence-electron chi connectivity index (χ4n) is 4.25. The fraction of sp³-hybridized carbons (Fsp3) is 0.364. The normalized spacial score (nSPS) is 16.4. The van der Waals surface area contributed by atoms with Crippen LogP contribution in [-0.2, 0) is 6.54 Å². The molecule has 5 heterocycles. The number of fused-ring (bicyclic) bond motifs is 2. The number of amides is 1. The van der Waals surface area contributed by atoms with Gasteiger partial charge in [0.2, 0.25) is 0 Å². The van der Waals surface area contributed by atoms with Gasteiger partial charge < -0.3 is 19.9 Å². The molecular formula is C22H25FN8O. The molecule has 0 bridgehead atoms. The highest BCUT2D eigenvalue weighted by Crippen LogP contribution is 2.29. The standard InChI is InChI=1S/C22H25FN8O/c1-4-31-12-17-19(28-31)16(8-25-20(17)29-6-5-14(10-29)24-3)22(32)27-15-7-18(23)21-26-13(2)9-30(21)11-15/h7-9,11-12,14,24H,4-6,10H2,1-3H3,(H,27,32). The molecule has 10 heteroatoms. The van der Waals surface area contributed by atoms with Crippen molar-refractivity contribution in [2.75, 3.05) is 30.4 Å². The maximum absolute atomic E-state index is 14.4. The van der Waals surface area contributed by atoms with Crippen molar-refractivity contribution in [3.63, 3.8) is 0 Å². The number of carbonyl (C=O) groups is 1. The first-order chi connectivity index (χ1) is 15.5. The van der Waals surface area contributed by atoms with Gasteiger partial charge in [-0.3, -0.25) is 9.48 Å². The Hall–Kier alpha value is -3.53. The summed E-state index contributed by atoms with van der Waals surface area (Å²) in [5.41, 5.74) is 2.19. The van der Waals surface area contributed by atoms with Gasteiger partial charge in [0.1, 0.15) is 11.3 Å². The van der Waals surface area contributed by atoms with E-state index in [9.17, 15) is 9.18 Å². The number of aryl methyl sites for hydroxylation is 2. The Morgan fingerprint density at radius 1 is 1.31 bits per heavy atom. The third-order valence-electron chi connectivity index (χ3n) is 5.92. The van der Waals surface area contributed by atoms with Gasteiger partial charge in [-0.05, 0) is 27.3 Å². The Balaban J connectivity index is 1.50. The van der Waals surface area contributed by atoms with Gasteiger partial charge in [-0.2, -0.15) is 5.10 Å². The van der Waals surface area contributed by atoms with Gasteiger partial charge in [0.05, 0.1) is 22.3 Å². The van der Waals surface area contributed by atoms with E-state index in [0.29, 0.717) is 35.0 Å². The summed E-state index contributed by atoms with van der Waals surface area (Å²) in [4.78, 5) is 24.1. The quantitative estimate of drug-likeness (QED) is 0.500. The van der Waals surface area contributed by atoms with Crippen LogP contribution in [0.3, 0.4) is 0 Å². The summed E-state index contributed by atoms with van der Waals surface area (Å²) in [6, 6.07) is 1.68. The number of carbonyl (C=O) groups excluding carboxylic acids is 1. The lowest BCUT2D eigenvalue weighted by molar-refractivity contribution is 0.102. The summed E-state index contributed by atoms with van der Waals surface area (Å²) < 4.78 is 17.8. The highest BCUT2D eigenvalue weighted by Gasteiger charge is 2.26. The van der Waals surface area contributed by atoms with E-state index in [4.69, 9.17) is 0 Å². The third-order valence-corrected chi connectivity index (χ3v) is 5.92. The molecule has 0 aliphatic carbocycles. The minimum Gasteiger partial charge on any atom is -0.354 e. The zero-order chi connectivity index (χ0) is 22.4. The van der Waals surface area contributed by atoms with E-state index in [1.165, 1.54) is 6.07 Å². The Kier molecular flexibility index (Phi) is 5.01. The topological polar surface area (TPSA) is 92.4 Å². The monoisotopic (exact) mass is 436 g/mol. The minimum absolute atomic E-state index is 0.223. The largest absolute Gasteiger partial charge is 0.354 e. The predicted octanol–water partition coefficient (Wildman–Crippen LogP) is 2.60. The molecule has 0 saturated carbocycles. The highest BCUT2D eigenvalue weighted by atomic mass is 19.1. The smallest absolute Gasteiger partial charge is 0.259 e. The molecule has 0 spiro atoms. The second-order valence-corrected chi connectivity index (χ2v) is 8.11. The molecular weight excluding hydrogens is 411 g/mol. The number of anilines is 2. The molecule has 2 N–H and O–H groups in total. The zero-order valence-electron chi connectivity index (χ0n) is 18.3. The lowest BCUT2D eigenvalue weighted by atomic mass is 10.2. The molecule has 32 heavy (non-hydrogen) atoms. The van der Waals surface area contributed by atoms with Gasteiger partial charge in [-0.1, -0.05) is 0 Å². The molecule has 1 unspecified atom stereocenters. The number of halogens is 1. The highest BCUT2D eigenvalue weighted by molar-refractivity contribution is 6.13. The third kappa shape index (κ3) is 3.46. The molecule has 0 aromatic carbocycles. The van der Waals surface area contributed by atoms with Gasteiger partial charge in [0.25, 0.3) is 5.91 Å². The lowest BCUT2D eigenvalue weighted by Crippen LogP contribution is -2.30. The number of nitrogens with zero attached hydrogens (tertiary/aromatic N) is 6. The van der Waals surface area contributed by atoms with Crippen LogP contribution >= 0.6 is 0 Å². The van der Waals surface area contributed by atoms with Crippen LogP contribution in [0.5, 0.6) is 0 Å². The average Bonchev–Trinajstić information content (AvgIpc) is 3.50. The Morgan fingerprint density at radius 3 is 2.91 bits per heavy atom. The lowest BCUT2D eigenvalue weighted by Gasteiger charge is -2.18. The van der Waals surface area contributed by atoms with Gasteiger partial charge in [-0.25, -0.2) is 14.4 Å². The molecule has 1 saturated heterocycles. The van der Waals surface area contributed by atoms with Crippen molar-refractivity contribution in [1.29, 1.82) is 0 Å². The second kappa shape index (κ2) is 7.86. The van der Waals surface area contributed by atoms with Crippen molar-refractivity contribution in [3.05, 3.63) is 47.9 Å². The molecule has 4 aromatic rings. The molecule has 1 atom stereocenters. The summed E-state index contributed by atoms with van der Waals surface area (Å²) in [5.74, 6) is -0.0613. The van der Waals surface area contributed by atoms with E-state index in [2.05, 4.69) is 30.6 Å². The molecule has 1 fully saturated rings. The molecule has 4 aromatic heterocycles. The fourth-order valence-corrected chi connectivity index (χ4v) is 4.25. The van der Waals surface area contributed by atoms with Crippen molar-refractivity contribution < 1.29 is 9.18 Å². The van der Waals surface area contributed by atoms with Gasteiger partial charge >= 0.3 is 0 Å². The molecule has 1 amide bonds. The van der Waals surface area contributed by atoms with Crippen molar-refractivity contribution in [2.45, 2.75) is 32.9 Å². The van der Waals surface area contributed by atoms with E-state index >= 15 is 0 Å². The molecule has 0 radical (unpaired) electrons. The Morgan fingerprint density at radius 2 is 2.16 bits per heavy atom. The van der Waals surface area contributed by atoms with E-state index < -0.39 is 5.82 Å². The summed E-state index contributed by atoms with van der Waals surface area (Å²) in [7, 11) is 1.96. The van der Waals surface area contributed by atoms with E-state index in [-0.39, 0.29) is 11.6 Å². The van der Waals surface area contributed by atoms with Crippen molar-refractivity contribution in [1.82, 2.24) is 29.5 Å². The van der Waals surface area contributed by atoms with Crippen molar-refractivity contribution in [2.24, 2.45) is 0 Å². The van der Waals surface area contributed by atoms with Crippen LogP contribution in [0, 0.1) is 12.7 Å². The Bertz CT molecular complexity index is 1330. The molecule has 166 valence electrons. The summed E-state index contributed by atoms with van der Waals surface area (Å²) in [6.07, 6.45) is 7.87. The van der Waals surface area contributed by atoms with E-state index in [1.54, 1.807) is 34.6 Å². The van der Waals surface area contributed by atoms with Crippen LogP contribution in [0.25, 0.3) is 16.6 Å². The first-order valence-electron chi connectivity index (χ1n) is 10.7. The Labute approximate surface area is 184 Å². The second-order valence-electron chi connectivity index (χ2n) is 8.11. The molecule has 1 aliphatic rings. The van der Waals surface area contributed by atoms with Crippen LogP contribution in [0.4, 0.5) is 15.9 Å². The number of nitrogens with one attached hydrogen (secondary N) is 2. The average molecular weight is 436 g/mol. The number of pyridine rings is 2. The van der Waals surface area contributed by atoms with Gasteiger partial charge in [-0.15, -0.1) is 0 Å². The van der Waals surface area contributed by atoms with Crippen LogP contribution in [-0.4, -0.2) is 56.2 Å². The van der Waals surface area contributed by atoms with Crippen molar-refractivity contribution >= 4 is 34.0 Å². The SMILES string of the molecule is CCn1cc2c(N3CCC(NC)C3)ncc(C(=O)Nc3cc(F)c4nc(C)cn4c3)c2n1. The first kappa shape index (κ1) is 20.4. The number of imidazole rings is 1. The number of aromatic nitrogens is 5. The minimum atomic E-state index is -0.502. The van der Waals surface area contributed by atoms with Crippen LogP contribution < -0.4 is 15.5 Å². The number of likely N-dealkylation sites (N-methyl/N-ethyl adjacent to an activating group) is 1. The van der Waals surface area contributed by atoms with Crippen LogP contribution in [0.15, 0.2) is 30.9 Å². The molecule has 5 rings (SSSR count). The van der Waals surface area contributed by atoms with Gasteiger partial charge in [0, 0.05) is 56.5 Å². The zero-order valence-corrected chi connectivity index (χ0v) is 18.3. The number of hydrogen-bond donors (Lipinski definition) is 2. The number of rotatable bonds is 5. The van der Waals surface area contributed by atoms with E-state index in [0.717, 1.165) is 30.7 Å². The first-order valence-corrected chi connectivity index (χ1v) is 10.7. The summed E-state index contributed by atoms with van der Waals surface area (Å²) >= 11 is 0. The number of hydrogen-bond acceptors (Lipinski definition) is 6. The summed E-state index contributed by atoms with van der Waals surface area (Å²) in [6.45, 7) is 6.20. The molecule has 9 nitrogen and oxygen atoms in total. The summed E-state index contributed by atoms with van der Waals surface area (Å²) in [5, 5.41) is 11.6. The maximum Gasteiger partial charge on any atom is 0.259 e. The van der Waals surface area contributed by atoms with Crippen LogP contribution in [0.2, 0.25) is 0 Å². The molecule has 1 aliphatic heterocycles. The van der Waals surface area contributed by atoms with E-state index in [1.807, 2.05) is 20.2 Å². The van der Waals surface area contributed by atoms with Crippen LogP contribution in [0.1, 0.15) is 29.4 Å². The maximum atomic E-state index is 14.4.